The highest BCUT2D eigenvalue weighted by molar-refractivity contribution is 5.89. The maximum absolute atomic E-state index is 11.9. The van der Waals surface area contributed by atoms with Crippen molar-refractivity contribution in [1.82, 2.24) is 5.43 Å². The standard InChI is InChI=1S/C25H22N2O4/c1-19-7-5-6-10-23(19)30-18-24(28)27-26-17-21-11-14-22(15-12-21)31-25(29)16-13-20-8-3-2-4-9-20/h2-17H,18H2,1H3,(H,27,28)/b16-13+,26-17-. The lowest BCUT2D eigenvalue weighted by Crippen LogP contribution is -2.24. The molecule has 31 heavy (non-hydrogen) atoms. The first-order valence-electron chi connectivity index (χ1n) is 9.65. The van der Waals surface area contributed by atoms with Gasteiger partial charge in [0.1, 0.15) is 11.5 Å². The van der Waals surface area contributed by atoms with Gasteiger partial charge in [0.25, 0.3) is 5.91 Å². The minimum absolute atomic E-state index is 0.131. The molecule has 0 atom stereocenters. The molecule has 0 saturated carbocycles. The van der Waals surface area contributed by atoms with E-state index in [1.165, 1.54) is 12.3 Å². The molecule has 0 aromatic heterocycles. The van der Waals surface area contributed by atoms with Gasteiger partial charge in [-0.05, 0) is 60.0 Å². The first-order valence-corrected chi connectivity index (χ1v) is 9.65. The Morgan fingerprint density at radius 3 is 2.35 bits per heavy atom. The summed E-state index contributed by atoms with van der Waals surface area (Å²) in [6.07, 6.45) is 4.56. The van der Waals surface area contributed by atoms with E-state index in [0.29, 0.717) is 11.5 Å². The van der Waals surface area contributed by atoms with Gasteiger partial charge in [0.2, 0.25) is 0 Å². The van der Waals surface area contributed by atoms with Crippen LogP contribution in [0.3, 0.4) is 0 Å². The van der Waals surface area contributed by atoms with Crippen molar-refractivity contribution in [3.05, 3.63) is 102 Å². The Bertz CT molecular complexity index is 1070. The molecule has 0 aliphatic carbocycles. The molecule has 6 heteroatoms. The van der Waals surface area contributed by atoms with Crippen LogP contribution in [-0.2, 0) is 9.59 Å². The number of nitrogens with zero attached hydrogens (tertiary/aromatic N) is 1. The zero-order valence-corrected chi connectivity index (χ0v) is 17.0. The van der Waals surface area contributed by atoms with Crippen molar-refractivity contribution in [3.63, 3.8) is 0 Å². The lowest BCUT2D eigenvalue weighted by molar-refractivity contribution is -0.129. The smallest absolute Gasteiger partial charge is 0.336 e. The summed E-state index contributed by atoms with van der Waals surface area (Å²) in [4.78, 5) is 23.8. The second-order valence-electron chi connectivity index (χ2n) is 6.58. The predicted molar refractivity (Wildman–Crippen MR) is 120 cm³/mol. The van der Waals surface area contributed by atoms with E-state index in [1.807, 2.05) is 55.5 Å². The lowest BCUT2D eigenvalue weighted by Gasteiger charge is -2.07. The molecule has 0 saturated heterocycles. The van der Waals surface area contributed by atoms with E-state index in [1.54, 1.807) is 36.4 Å². The summed E-state index contributed by atoms with van der Waals surface area (Å²) >= 11 is 0. The highest BCUT2D eigenvalue weighted by atomic mass is 16.5. The molecular formula is C25H22N2O4. The van der Waals surface area contributed by atoms with E-state index in [4.69, 9.17) is 9.47 Å². The van der Waals surface area contributed by atoms with Crippen LogP contribution in [0.4, 0.5) is 0 Å². The fraction of sp³-hybridized carbons (Fsp3) is 0.0800. The summed E-state index contributed by atoms with van der Waals surface area (Å²) in [5.41, 5.74) is 5.01. The Morgan fingerprint density at radius 1 is 0.903 bits per heavy atom. The Labute approximate surface area is 180 Å². The topological polar surface area (TPSA) is 77.0 Å². The molecule has 0 aliphatic rings. The van der Waals surface area contributed by atoms with E-state index in [0.717, 1.165) is 16.7 Å². The number of nitrogens with one attached hydrogen (secondary N) is 1. The summed E-state index contributed by atoms with van der Waals surface area (Å²) in [7, 11) is 0. The molecule has 6 nitrogen and oxygen atoms in total. The van der Waals surface area contributed by atoms with Crippen LogP contribution in [-0.4, -0.2) is 24.7 Å². The van der Waals surface area contributed by atoms with E-state index in [9.17, 15) is 9.59 Å². The highest BCUT2D eigenvalue weighted by Gasteiger charge is 2.03. The SMILES string of the molecule is Cc1ccccc1OCC(=O)N/N=C\c1ccc(OC(=O)/C=C/c2ccccc2)cc1. The van der Waals surface area contributed by atoms with Crippen molar-refractivity contribution in [3.8, 4) is 11.5 Å². The quantitative estimate of drug-likeness (QED) is 0.198. The van der Waals surface area contributed by atoms with Crippen molar-refractivity contribution in [1.29, 1.82) is 0 Å². The Morgan fingerprint density at radius 2 is 1.61 bits per heavy atom. The van der Waals surface area contributed by atoms with Gasteiger partial charge in [-0.2, -0.15) is 5.10 Å². The molecular weight excluding hydrogens is 392 g/mol. The number of carbonyl (C=O) groups is 2. The number of para-hydroxylation sites is 1. The molecule has 0 radical (unpaired) electrons. The lowest BCUT2D eigenvalue weighted by atomic mass is 10.2. The van der Waals surface area contributed by atoms with Crippen LogP contribution in [0.2, 0.25) is 0 Å². The van der Waals surface area contributed by atoms with Gasteiger partial charge in [-0.15, -0.1) is 0 Å². The number of hydrogen-bond acceptors (Lipinski definition) is 5. The number of rotatable bonds is 8. The van der Waals surface area contributed by atoms with Gasteiger partial charge in [-0.1, -0.05) is 48.5 Å². The molecule has 156 valence electrons. The number of hydrogen-bond donors (Lipinski definition) is 1. The number of esters is 1. The van der Waals surface area contributed by atoms with E-state index >= 15 is 0 Å². The minimum atomic E-state index is -0.466. The van der Waals surface area contributed by atoms with Crippen LogP contribution < -0.4 is 14.9 Å². The third kappa shape index (κ3) is 7.29. The zero-order chi connectivity index (χ0) is 21.9. The Balaban J connectivity index is 1.43. The molecule has 0 bridgehead atoms. The fourth-order valence-electron chi connectivity index (χ4n) is 2.57. The van der Waals surface area contributed by atoms with Crippen molar-refractivity contribution in [2.75, 3.05) is 6.61 Å². The second-order valence-corrected chi connectivity index (χ2v) is 6.58. The highest BCUT2D eigenvalue weighted by Crippen LogP contribution is 2.15. The normalized spacial score (nSPS) is 10.9. The van der Waals surface area contributed by atoms with Crippen molar-refractivity contribution >= 4 is 24.2 Å². The van der Waals surface area contributed by atoms with Crippen LogP contribution in [0.15, 0.2) is 90.0 Å². The number of carbonyl (C=O) groups excluding carboxylic acids is 2. The minimum Gasteiger partial charge on any atom is -0.483 e. The number of amides is 1. The average Bonchev–Trinajstić information content (AvgIpc) is 2.79. The summed E-state index contributed by atoms with van der Waals surface area (Å²) in [6, 6.07) is 23.7. The molecule has 0 unspecified atom stereocenters. The van der Waals surface area contributed by atoms with Crippen LogP contribution >= 0.6 is 0 Å². The van der Waals surface area contributed by atoms with Crippen LogP contribution in [0.5, 0.6) is 11.5 Å². The zero-order valence-electron chi connectivity index (χ0n) is 17.0. The number of ether oxygens (including phenoxy) is 2. The van der Waals surface area contributed by atoms with Crippen molar-refractivity contribution < 1.29 is 19.1 Å². The maximum atomic E-state index is 11.9. The van der Waals surface area contributed by atoms with Crippen LogP contribution in [0, 0.1) is 6.92 Å². The largest absolute Gasteiger partial charge is 0.483 e. The monoisotopic (exact) mass is 414 g/mol. The van der Waals surface area contributed by atoms with Gasteiger partial charge in [0.15, 0.2) is 6.61 Å². The van der Waals surface area contributed by atoms with E-state index in [-0.39, 0.29) is 12.5 Å². The maximum Gasteiger partial charge on any atom is 0.336 e. The predicted octanol–water partition coefficient (Wildman–Crippen LogP) is 4.14. The molecule has 0 heterocycles. The summed E-state index contributed by atoms with van der Waals surface area (Å²) in [5.74, 6) is 0.238. The molecule has 1 N–H and O–H groups in total. The van der Waals surface area contributed by atoms with Gasteiger partial charge in [-0.3, -0.25) is 4.79 Å². The van der Waals surface area contributed by atoms with Gasteiger partial charge in [0, 0.05) is 6.08 Å². The number of benzene rings is 3. The Hall–Kier alpha value is -4.19. The van der Waals surface area contributed by atoms with Crippen LogP contribution in [0.25, 0.3) is 6.08 Å². The van der Waals surface area contributed by atoms with E-state index in [2.05, 4.69) is 10.5 Å². The molecule has 3 aromatic carbocycles. The second kappa shape index (κ2) is 11.1. The van der Waals surface area contributed by atoms with Gasteiger partial charge in [-0.25, -0.2) is 10.2 Å². The summed E-state index contributed by atoms with van der Waals surface area (Å²) in [5, 5.41) is 3.91. The van der Waals surface area contributed by atoms with Crippen LogP contribution in [0.1, 0.15) is 16.7 Å². The third-order valence-corrected chi connectivity index (χ3v) is 4.17. The molecule has 0 aliphatic heterocycles. The Kier molecular flexibility index (Phi) is 7.71. The number of hydrazone groups is 1. The van der Waals surface area contributed by atoms with Crippen molar-refractivity contribution in [2.24, 2.45) is 5.10 Å². The van der Waals surface area contributed by atoms with Gasteiger partial charge < -0.3 is 9.47 Å². The molecule has 0 spiro atoms. The first kappa shape index (κ1) is 21.5. The summed E-state index contributed by atoms with van der Waals surface area (Å²) < 4.78 is 10.7. The molecule has 3 aromatic rings. The fourth-order valence-corrected chi connectivity index (χ4v) is 2.57. The molecule has 1 amide bonds. The van der Waals surface area contributed by atoms with Gasteiger partial charge >= 0.3 is 5.97 Å². The first-order chi connectivity index (χ1) is 15.1. The summed E-state index contributed by atoms with van der Waals surface area (Å²) in [6.45, 7) is 1.78. The third-order valence-electron chi connectivity index (χ3n) is 4.17. The molecule has 0 fully saturated rings. The number of aryl methyl sites for hydroxylation is 1. The van der Waals surface area contributed by atoms with Gasteiger partial charge in [0.05, 0.1) is 6.21 Å². The average molecular weight is 414 g/mol. The van der Waals surface area contributed by atoms with E-state index < -0.39 is 5.97 Å². The molecule has 3 rings (SSSR count). The van der Waals surface area contributed by atoms with Crippen molar-refractivity contribution in [2.45, 2.75) is 6.92 Å².